The molecule has 0 bridgehead atoms. The van der Waals surface area contributed by atoms with Crippen LogP contribution < -0.4 is 11.1 Å². The highest BCUT2D eigenvalue weighted by Crippen LogP contribution is 2.20. The van der Waals surface area contributed by atoms with E-state index in [1.807, 2.05) is 0 Å². The lowest BCUT2D eigenvalue weighted by Gasteiger charge is -2.09. The summed E-state index contributed by atoms with van der Waals surface area (Å²) in [6, 6.07) is 12.8. The lowest BCUT2D eigenvalue weighted by molar-refractivity contribution is -0.117. The molecule has 0 radical (unpaired) electrons. The Balaban J connectivity index is 2.22. The average Bonchev–Trinajstić information content (AvgIpc) is 2.54. The summed E-state index contributed by atoms with van der Waals surface area (Å²) in [5.41, 5.74) is 6.62. The van der Waals surface area contributed by atoms with Crippen LogP contribution in [0.15, 0.2) is 58.3 Å². The van der Waals surface area contributed by atoms with Crippen LogP contribution in [0.25, 0.3) is 0 Å². The van der Waals surface area contributed by atoms with Crippen LogP contribution in [0, 0.1) is 0 Å². The van der Waals surface area contributed by atoms with E-state index in [0.717, 1.165) is 0 Å². The van der Waals surface area contributed by atoms with Gasteiger partial charge in [-0.3, -0.25) is 9.59 Å². The highest BCUT2D eigenvalue weighted by Gasteiger charge is 2.11. The van der Waals surface area contributed by atoms with Gasteiger partial charge in [-0.25, -0.2) is 4.21 Å². The van der Waals surface area contributed by atoms with Crippen molar-refractivity contribution < 1.29 is 13.8 Å². The predicted molar refractivity (Wildman–Crippen MR) is 89.8 cm³/mol. The van der Waals surface area contributed by atoms with E-state index in [9.17, 15) is 13.8 Å². The first-order valence-corrected chi connectivity index (χ1v) is 8.23. The minimum Gasteiger partial charge on any atom is -0.325 e. The van der Waals surface area contributed by atoms with Crippen molar-refractivity contribution in [3.05, 3.63) is 54.1 Å². The quantitative estimate of drug-likeness (QED) is 0.824. The van der Waals surface area contributed by atoms with Gasteiger partial charge in [0.25, 0.3) is 0 Å². The predicted octanol–water partition coefficient (Wildman–Crippen LogP) is 2.34. The third-order valence-electron chi connectivity index (χ3n) is 3.20. The Kier molecular flexibility index (Phi) is 5.41. The fraction of sp³-hybridized carbons (Fsp3) is 0.176. The molecule has 23 heavy (non-hydrogen) atoms. The van der Waals surface area contributed by atoms with Crippen molar-refractivity contribution in [1.29, 1.82) is 0 Å². The fourth-order valence-electron chi connectivity index (χ4n) is 1.89. The van der Waals surface area contributed by atoms with E-state index < -0.39 is 16.8 Å². The molecule has 5 nitrogen and oxygen atoms in total. The molecule has 0 fully saturated rings. The number of anilines is 1. The van der Waals surface area contributed by atoms with Crippen LogP contribution in [0.5, 0.6) is 0 Å². The molecular weight excluding hydrogens is 312 g/mol. The maximum absolute atomic E-state index is 12.6. The second kappa shape index (κ2) is 7.30. The lowest BCUT2D eigenvalue weighted by Crippen LogP contribution is -2.32. The Morgan fingerprint density at radius 2 is 1.74 bits per heavy atom. The number of nitrogens with one attached hydrogen (secondary N) is 1. The molecule has 0 aromatic heterocycles. The highest BCUT2D eigenvalue weighted by atomic mass is 32.2. The van der Waals surface area contributed by atoms with Crippen LogP contribution in [0.1, 0.15) is 24.2 Å². The van der Waals surface area contributed by atoms with Crippen molar-refractivity contribution in [2.45, 2.75) is 29.7 Å². The molecule has 1 amide bonds. The van der Waals surface area contributed by atoms with Gasteiger partial charge in [-0.2, -0.15) is 0 Å². The number of amides is 1. The van der Waals surface area contributed by atoms with Crippen molar-refractivity contribution in [3.63, 3.8) is 0 Å². The number of benzene rings is 2. The van der Waals surface area contributed by atoms with Gasteiger partial charge < -0.3 is 11.1 Å². The number of nitrogens with two attached hydrogens (primary N) is 1. The Morgan fingerprint density at radius 3 is 2.30 bits per heavy atom. The summed E-state index contributed by atoms with van der Waals surface area (Å²) in [6.07, 6.45) is 0. The largest absolute Gasteiger partial charge is 0.325 e. The lowest BCUT2D eigenvalue weighted by atomic mass is 10.2. The molecule has 2 aromatic rings. The topological polar surface area (TPSA) is 89.3 Å². The molecule has 0 aliphatic rings. The summed E-state index contributed by atoms with van der Waals surface area (Å²) in [6.45, 7) is 3.07. The number of hydrogen-bond donors (Lipinski definition) is 2. The van der Waals surface area contributed by atoms with Gasteiger partial charge in [-0.15, -0.1) is 0 Å². The van der Waals surface area contributed by atoms with Gasteiger partial charge in [0, 0.05) is 21.0 Å². The molecule has 0 saturated carbocycles. The Labute approximate surface area is 137 Å². The molecule has 0 aliphatic carbocycles. The van der Waals surface area contributed by atoms with Gasteiger partial charge in [-0.05, 0) is 44.2 Å². The summed E-state index contributed by atoms with van der Waals surface area (Å²) in [5.74, 6) is -0.346. The van der Waals surface area contributed by atoms with Crippen molar-refractivity contribution >= 4 is 28.2 Å². The number of carbonyl (C=O) groups is 2. The second-order valence-electron chi connectivity index (χ2n) is 5.16. The minimum atomic E-state index is -1.40. The van der Waals surface area contributed by atoms with Crippen molar-refractivity contribution in [2.24, 2.45) is 5.73 Å². The van der Waals surface area contributed by atoms with E-state index in [0.29, 0.717) is 21.0 Å². The molecule has 2 rings (SSSR count). The van der Waals surface area contributed by atoms with Gasteiger partial charge in [0.1, 0.15) is 0 Å². The summed E-state index contributed by atoms with van der Waals surface area (Å²) in [4.78, 5) is 24.0. The minimum absolute atomic E-state index is 0.0389. The molecule has 3 N–H and O–H groups in total. The first-order chi connectivity index (χ1) is 10.9. The van der Waals surface area contributed by atoms with E-state index in [1.165, 1.54) is 6.92 Å². The second-order valence-corrected chi connectivity index (χ2v) is 6.64. The zero-order chi connectivity index (χ0) is 17.0. The van der Waals surface area contributed by atoms with Crippen LogP contribution in [0.4, 0.5) is 5.69 Å². The van der Waals surface area contributed by atoms with Crippen molar-refractivity contribution in [2.75, 3.05) is 5.32 Å². The molecular formula is C17H18N2O3S. The zero-order valence-corrected chi connectivity index (χ0v) is 13.7. The van der Waals surface area contributed by atoms with Crippen LogP contribution in [0.3, 0.4) is 0 Å². The summed E-state index contributed by atoms with van der Waals surface area (Å²) in [5, 5.41) is 2.67. The molecule has 2 aromatic carbocycles. The van der Waals surface area contributed by atoms with Gasteiger partial charge in [0.2, 0.25) is 5.91 Å². The fourth-order valence-corrected chi connectivity index (χ4v) is 2.99. The Morgan fingerprint density at radius 1 is 1.09 bits per heavy atom. The number of Topliss-reactive ketones (excluding diaryl/α,β-unsaturated/α-hetero) is 1. The van der Waals surface area contributed by atoms with Crippen molar-refractivity contribution in [3.8, 4) is 0 Å². The zero-order valence-electron chi connectivity index (χ0n) is 12.9. The van der Waals surface area contributed by atoms with Gasteiger partial charge in [-0.1, -0.05) is 18.2 Å². The molecule has 2 atom stereocenters. The normalized spacial score (nSPS) is 13.2. The Hall–Kier alpha value is -2.31. The van der Waals surface area contributed by atoms with Crippen LogP contribution in [0.2, 0.25) is 0 Å². The van der Waals surface area contributed by atoms with Crippen LogP contribution in [-0.4, -0.2) is 21.9 Å². The summed E-state index contributed by atoms with van der Waals surface area (Å²) >= 11 is 0. The van der Waals surface area contributed by atoms with E-state index in [1.54, 1.807) is 55.5 Å². The van der Waals surface area contributed by atoms with E-state index in [4.69, 9.17) is 5.73 Å². The summed E-state index contributed by atoms with van der Waals surface area (Å²) in [7, 11) is -1.40. The molecule has 0 spiro atoms. The molecule has 0 saturated heterocycles. The van der Waals surface area contributed by atoms with Crippen LogP contribution >= 0.6 is 0 Å². The highest BCUT2D eigenvalue weighted by molar-refractivity contribution is 7.85. The van der Waals surface area contributed by atoms with Crippen molar-refractivity contribution in [1.82, 2.24) is 0 Å². The van der Waals surface area contributed by atoms with Gasteiger partial charge in [0.15, 0.2) is 5.78 Å². The van der Waals surface area contributed by atoms with Gasteiger partial charge in [0.05, 0.1) is 16.8 Å². The monoisotopic (exact) mass is 330 g/mol. The number of carbonyl (C=O) groups excluding carboxylic acids is 2. The summed E-state index contributed by atoms with van der Waals surface area (Å²) < 4.78 is 12.6. The molecule has 0 aliphatic heterocycles. The standard InChI is InChI=1S/C17H18N2O3S/c1-11(18)17(21)19-14-4-3-5-16(10-14)23(22)15-8-6-13(7-9-15)12(2)20/h3-11H,18H2,1-2H3,(H,19,21). The number of rotatable bonds is 5. The third-order valence-corrected chi connectivity index (χ3v) is 4.59. The maximum atomic E-state index is 12.6. The maximum Gasteiger partial charge on any atom is 0.240 e. The molecule has 6 heteroatoms. The molecule has 2 unspecified atom stereocenters. The van der Waals surface area contributed by atoms with E-state index in [-0.39, 0.29) is 11.7 Å². The number of hydrogen-bond acceptors (Lipinski definition) is 4. The SMILES string of the molecule is CC(=O)c1ccc(S(=O)c2cccc(NC(=O)C(C)N)c2)cc1. The smallest absolute Gasteiger partial charge is 0.240 e. The third kappa shape index (κ3) is 4.34. The average molecular weight is 330 g/mol. The van der Waals surface area contributed by atoms with Gasteiger partial charge >= 0.3 is 0 Å². The van der Waals surface area contributed by atoms with E-state index in [2.05, 4.69) is 5.32 Å². The molecule has 0 heterocycles. The molecule has 120 valence electrons. The number of ketones is 1. The van der Waals surface area contributed by atoms with Crippen LogP contribution in [-0.2, 0) is 15.6 Å². The first-order valence-electron chi connectivity index (χ1n) is 7.08. The Bertz CT molecular complexity index is 755. The first kappa shape index (κ1) is 17.1. The van der Waals surface area contributed by atoms with E-state index >= 15 is 0 Å².